The lowest BCUT2D eigenvalue weighted by Crippen LogP contribution is -2.32. The van der Waals surface area contributed by atoms with E-state index in [2.05, 4.69) is 10.3 Å². The van der Waals surface area contributed by atoms with E-state index in [1.807, 2.05) is 0 Å². The van der Waals surface area contributed by atoms with E-state index in [9.17, 15) is 9.59 Å². The molecule has 4 heteroatoms. The number of hydrogen-bond acceptors (Lipinski definition) is 3. The molecule has 1 fully saturated rings. The van der Waals surface area contributed by atoms with E-state index >= 15 is 0 Å². The van der Waals surface area contributed by atoms with Crippen LogP contribution in [0, 0.1) is 11.8 Å². The molecule has 1 N–H and O–H groups in total. The Bertz CT molecular complexity index is 437. The lowest BCUT2D eigenvalue weighted by atomic mass is 9.80. The zero-order valence-electron chi connectivity index (χ0n) is 11.3. The number of aromatic nitrogens is 1. The molecular weight excluding hydrogens is 240 g/mol. The third-order valence-corrected chi connectivity index (χ3v) is 3.87. The molecule has 1 aliphatic carbocycles. The van der Waals surface area contributed by atoms with Gasteiger partial charge >= 0.3 is 0 Å². The highest BCUT2D eigenvalue weighted by Crippen LogP contribution is 2.28. The highest BCUT2D eigenvalue weighted by atomic mass is 16.1. The normalized spacial score (nSPS) is 22.8. The summed E-state index contributed by atoms with van der Waals surface area (Å²) >= 11 is 0. The van der Waals surface area contributed by atoms with Crippen LogP contribution in [0.1, 0.15) is 43.1 Å². The smallest absolute Gasteiger partial charge is 0.269 e. The van der Waals surface area contributed by atoms with Gasteiger partial charge in [-0.3, -0.25) is 14.6 Å². The van der Waals surface area contributed by atoms with Crippen molar-refractivity contribution in [2.24, 2.45) is 11.8 Å². The molecule has 1 aromatic rings. The van der Waals surface area contributed by atoms with Crippen molar-refractivity contribution in [2.75, 3.05) is 6.54 Å². The lowest BCUT2D eigenvalue weighted by molar-refractivity contribution is -0.121. The summed E-state index contributed by atoms with van der Waals surface area (Å²) in [5, 5.41) is 2.93. The molecule has 102 valence electrons. The molecule has 1 aromatic heterocycles. The van der Waals surface area contributed by atoms with Gasteiger partial charge in [-0.2, -0.15) is 0 Å². The van der Waals surface area contributed by atoms with Gasteiger partial charge in [-0.25, -0.2) is 0 Å². The molecule has 0 radical (unpaired) electrons. The molecule has 1 saturated carbocycles. The van der Waals surface area contributed by atoms with E-state index in [0.29, 0.717) is 23.9 Å². The van der Waals surface area contributed by atoms with E-state index in [1.165, 1.54) is 0 Å². The standard InChI is InChI=1S/C15H20N2O2/c1-11(18)13-7-5-12(6-8-13)10-17-15(19)14-4-2-3-9-16-14/h2-4,9,12-13H,5-8,10H2,1H3,(H,17,19). The molecule has 0 unspecified atom stereocenters. The predicted octanol–water partition coefficient (Wildman–Crippen LogP) is 2.21. The number of ketones is 1. The quantitative estimate of drug-likeness (QED) is 0.903. The summed E-state index contributed by atoms with van der Waals surface area (Å²) in [5.41, 5.74) is 0.458. The van der Waals surface area contributed by atoms with Gasteiger partial charge in [0.2, 0.25) is 0 Å². The van der Waals surface area contributed by atoms with E-state index in [-0.39, 0.29) is 11.8 Å². The molecule has 1 aliphatic rings. The number of hydrogen-bond donors (Lipinski definition) is 1. The fraction of sp³-hybridized carbons (Fsp3) is 0.533. The number of carbonyl (C=O) groups excluding carboxylic acids is 2. The van der Waals surface area contributed by atoms with Crippen molar-refractivity contribution in [1.29, 1.82) is 0 Å². The zero-order chi connectivity index (χ0) is 13.7. The Labute approximate surface area is 113 Å². The monoisotopic (exact) mass is 260 g/mol. The first-order chi connectivity index (χ1) is 9.16. The van der Waals surface area contributed by atoms with Crippen molar-refractivity contribution in [3.05, 3.63) is 30.1 Å². The number of pyridine rings is 1. The van der Waals surface area contributed by atoms with E-state index in [0.717, 1.165) is 25.7 Å². The maximum Gasteiger partial charge on any atom is 0.269 e. The minimum absolute atomic E-state index is 0.116. The van der Waals surface area contributed by atoms with Gasteiger partial charge in [0.05, 0.1) is 0 Å². The highest BCUT2D eigenvalue weighted by Gasteiger charge is 2.24. The average molecular weight is 260 g/mol. The van der Waals surface area contributed by atoms with Gasteiger partial charge in [0, 0.05) is 18.7 Å². The van der Waals surface area contributed by atoms with Crippen LogP contribution < -0.4 is 5.32 Å². The average Bonchev–Trinajstić information content (AvgIpc) is 2.46. The van der Waals surface area contributed by atoms with Crippen LogP contribution in [0.25, 0.3) is 0 Å². The second-order valence-electron chi connectivity index (χ2n) is 5.25. The van der Waals surface area contributed by atoms with E-state index < -0.39 is 0 Å². The third kappa shape index (κ3) is 3.88. The molecule has 1 heterocycles. The SMILES string of the molecule is CC(=O)C1CCC(CNC(=O)c2ccccn2)CC1. The largest absolute Gasteiger partial charge is 0.350 e. The Hall–Kier alpha value is -1.71. The van der Waals surface area contributed by atoms with Gasteiger partial charge in [-0.05, 0) is 50.7 Å². The Morgan fingerprint density at radius 1 is 1.26 bits per heavy atom. The minimum Gasteiger partial charge on any atom is -0.350 e. The number of amides is 1. The summed E-state index contributed by atoms with van der Waals surface area (Å²) in [6, 6.07) is 5.31. The van der Waals surface area contributed by atoms with Gasteiger partial charge in [0.1, 0.15) is 11.5 Å². The molecule has 0 bridgehead atoms. The minimum atomic E-state index is -0.116. The highest BCUT2D eigenvalue weighted by molar-refractivity contribution is 5.92. The number of nitrogens with one attached hydrogen (secondary N) is 1. The van der Waals surface area contributed by atoms with Crippen LogP contribution in [0.2, 0.25) is 0 Å². The van der Waals surface area contributed by atoms with Crippen LogP contribution in [0.15, 0.2) is 24.4 Å². The molecule has 0 atom stereocenters. The summed E-state index contributed by atoms with van der Waals surface area (Å²) < 4.78 is 0. The number of nitrogens with zero attached hydrogens (tertiary/aromatic N) is 1. The van der Waals surface area contributed by atoms with Crippen molar-refractivity contribution in [2.45, 2.75) is 32.6 Å². The van der Waals surface area contributed by atoms with Crippen molar-refractivity contribution >= 4 is 11.7 Å². The van der Waals surface area contributed by atoms with Gasteiger partial charge in [0.15, 0.2) is 0 Å². The number of carbonyl (C=O) groups is 2. The Morgan fingerprint density at radius 2 is 2.00 bits per heavy atom. The van der Waals surface area contributed by atoms with Gasteiger partial charge < -0.3 is 5.32 Å². The maximum absolute atomic E-state index is 11.8. The van der Waals surface area contributed by atoms with E-state index in [4.69, 9.17) is 0 Å². The number of Topliss-reactive ketones (excluding diaryl/α,β-unsaturated/α-hetero) is 1. The Balaban J connectivity index is 1.75. The fourth-order valence-electron chi connectivity index (χ4n) is 2.60. The topological polar surface area (TPSA) is 59.1 Å². The van der Waals surface area contributed by atoms with Gasteiger partial charge in [0.25, 0.3) is 5.91 Å². The molecule has 4 nitrogen and oxygen atoms in total. The van der Waals surface area contributed by atoms with Crippen LogP contribution in [0.3, 0.4) is 0 Å². The second kappa shape index (κ2) is 6.45. The molecular formula is C15H20N2O2. The molecule has 0 saturated heterocycles. The lowest BCUT2D eigenvalue weighted by Gasteiger charge is -2.26. The number of rotatable bonds is 4. The Kier molecular flexibility index (Phi) is 4.66. The van der Waals surface area contributed by atoms with Crippen LogP contribution in [0.5, 0.6) is 0 Å². The summed E-state index contributed by atoms with van der Waals surface area (Å²) in [6.07, 6.45) is 5.57. The molecule has 0 aromatic carbocycles. The van der Waals surface area contributed by atoms with Crippen LogP contribution in [-0.2, 0) is 4.79 Å². The van der Waals surface area contributed by atoms with Crippen LogP contribution in [0.4, 0.5) is 0 Å². The summed E-state index contributed by atoms with van der Waals surface area (Å²) in [6.45, 7) is 2.36. The molecule has 2 rings (SSSR count). The van der Waals surface area contributed by atoms with Gasteiger partial charge in [-0.15, -0.1) is 0 Å². The first kappa shape index (κ1) is 13.7. The van der Waals surface area contributed by atoms with Crippen molar-refractivity contribution < 1.29 is 9.59 Å². The summed E-state index contributed by atoms with van der Waals surface area (Å²) in [5.74, 6) is 0.913. The second-order valence-corrected chi connectivity index (χ2v) is 5.25. The molecule has 0 spiro atoms. The van der Waals surface area contributed by atoms with Crippen molar-refractivity contribution in [3.8, 4) is 0 Å². The first-order valence-corrected chi connectivity index (χ1v) is 6.86. The van der Waals surface area contributed by atoms with Crippen LogP contribution in [-0.4, -0.2) is 23.2 Å². The van der Waals surface area contributed by atoms with Crippen LogP contribution >= 0.6 is 0 Å². The predicted molar refractivity (Wildman–Crippen MR) is 72.7 cm³/mol. The molecule has 1 amide bonds. The van der Waals surface area contributed by atoms with Crippen molar-refractivity contribution in [1.82, 2.24) is 10.3 Å². The molecule has 0 aliphatic heterocycles. The Morgan fingerprint density at radius 3 is 2.58 bits per heavy atom. The summed E-state index contributed by atoms with van der Waals surface area (Å²) in [7, 11) is 0. The van der Waals surface area contributed by atoms with E-state index in [1.54, 1.807) is 31.3 Å². The third-order valence-electron chi connectivity index (χ3n) is 3.87. The van der Waals surface area contributed by atoms with Crippen molar-refractivity contribution in [3.63, 3.8) is 0 Å². The zero-order valence-corrected chi connectivity index (χ0v) is 11.3. The summed E-state index contributed by atoms with van der Waals surface area (Å²) in [4.78, 5) is 27.1. The molecule has 19 heavy (non-hydrogen) atoms. The first-order valence-electron chi connectivity index (χ1n) is 6.86. The van der Waals surface area contributed by atoms with Gasteiger partial charge in [-0.1, -0.05) is 6.07 Å². The fourth-order valence-corrected chi connectivity index (χ4v) is 2.60. The maximum atomic E-state index is 11.8.